The van der Waals surface area contributed by atoms with Crippen molar-refractivity contribution >= 4 is 39.8 Å². The van der Waals surface area contributed by atoms with Gasteiger partial charge in [0.15, 0.2) is 0 Å². The van der Waals surface area contributed by atoms with E-state index in [-0.39, 0.29) is 28.5 Å². The summed E-state index contributed by atoms with van der Waals surface area (Å²) in [5, 5.41) is 13.4. The van der Waals surface area contributed by atoms with Crippen LogP contribution < -0.4 is 4.74 Å². The quantitative estimate of drug-likeness (QED) is 0.228. The second kappa shape index (κ2) is 8.72. The Bertz CT molecular complexity index is 1440. The van der Waals surface area contributed by atoms with Crippen LogP contribution in [0.5, 0.6) is 5.75 Å². The van der Waals surface area contributed by atoms with Gasteiger partial charge in [-0.1, -0.05) is 54.1 Å². The molecule has 5 rings (SSSR count). The van der Waals surface area contributed by atoms with E-state index in [2.05, 4.69) is 0 Å². The maximum atomic E-state index is 13.3. The SMILES string of the molecule is COc1ccc(Cl)c(/C(O)=C2\C(=O)C(=O)N(Cc3ccco3)C2c2cccc3ccccc23)c1. The van der Waals surface area contributed by atoms with Crippen molar-refractivity contribution in [2.75, 3.05) is 7.11 Å². The Balaban J connectivity index is 1.76. The van der Waals surface area contributed by atoms with Gasteiger partial charge in [-0.2, -0.15) is 0 Å². The lowest BCUT2D eigenvalue weighted by molar-refractivity contribution is -0.140. The summed E-state index contributed by atoms with van der Waals surface area (Å²) in [6, 6.07) is 20.7. The largest absolute Gasteiger partial charge is 0.507 e. The fraction of sp³-hybridized carbons (Fsp3) is 0.111. The third-order valence-corrected chi connectivity index (χ3v) is 6.32. The second-order valence-electron chi connectivity index (χ2n) is 7.92. The number of benzene rings is 3. The van der Waals surface area contributed by atoms with Crippen molar-refractivity contribution in [1.29, 1.82) is 0 Å². The van der Waals surface area contributed by atoms with Gasteiger partial charge in [-0.25, -0.2) is 0 Å². The molecule has 7 heteroatoms. The van der Waals surface area contributed by atoms with Crippen LogP contribution in [0.4, 0.5) is 0 Å². The lowest BCUT2D eigenvalue weighted by Gasteiger charge is -2.25. The number of carbonyl (C=O) groups is 2. The first-order chi connectivity index (χ1) is 16.5. The van der Waals surface area contributed by atoms with Crippen molar-refractivity contribution in [3.05, 3.63) is 107 Å². The number of carbonyl (C=O) groups excluding carboxylic acids is 2. The molecule has 4 aromatic rings. The highest BCUT2D eigenvalue weighted by molar-refractivity contribution is 6.47. The molecule has 1 saturated heterocycles. The third kappa shape index (κ3) is 3.62. The normalized spacial score (nSPS) is 17.5. The van der Waals surface area contributed by atoms with Crippen molar-refractivity contribution in [1.82, 2.24) is 4.90 Å². The number of hydrogen-bond donors (Lipinski definition) is 1. The molecule has 1 aromatic heterocycles. The van der Waals surface area contributed by atoms with Crippen LogP contribution in [0.1, 0.15) is 22.9 Å². The maximum absolute atomic E-state index is 13.3. The molecular weight excluding hydrogens is 454 g/mol. The molecule has 0 aliphatic carbocycles. The fourth-order valence-electron chi connectivity index (χ4n) is 4.38. The molecule has 1 aliphatic rings. The van der Waals surface area contributed by atoms with E-state index in [0.29, 0.717) is 17.1 Å². The zero-order valence-electron chi connectivity index (χ0n) is 18.2. The van der Waals surface area contributed by atoms with E-state index in [1.807, 2.05) is 42.5 Å². The topological polar surface area (TPSA) is 80.0 Å². The molecule has 0 bridgehead atoms. The summed E-state index contributed by atoms with van der Waals surface area (Å²) in [4.78, 5) is 28.0. The van der Waals surface area contributed by atoms with Crippen LogP contribution in [0.15, 0.2) is 89.0 Å². The molecule has 0 saturated carbocycles. The van der Waals surface area contributed by atoms with E-state index in [1.165, 1.54) is 24.3 Å². The van der Waals surface area contributed by atoms with Crippen LogP contribution >= 0.6 is 11.6 Å². The molecule has 1 aliphatic heterocycles. The minimum atomic E-state index is -0.849. The van der Waals surface area contributed by atoms with Crippen molar-refractivity contribution in [2.24, 2.45) is 0 Å². The smallest absolute Gasteiger partial charge is 0.296 e. The molecule has 34 heavy (non-hydrogen) atoms. The highest BCUT2D eigenvalue weighted by Crippen LogP contribution is 2.43. The number of ketones is 1. The summed E-state index contributed by atoms with van der Waals surface area (Å²) in [5.74, 6) is -0.901. The summed E-state index contributed by atoms with van der Waals surface area (Å²) in [5.41, 5.74) is 0.884. The van der Waals surface area contributed by atoms with Crippen molar-refractivity contribution in [3.63, 3.8) is 0 Å². The van der Waals surface area contributed by atoms with E-state index in [1.54, 1.807) is 24.3 Å². The Kier molecular flexibility index (Phi) is 5.59. The third-order valence-electron chi connectivity index (χ3n) is 5.99. The first-order valence-corrected chi connectivity index (χ1v) is 11.0. The lowest BCUT2D eigenvalue weighted by Crippen LogP contribution is -2.29. The van der Waals surface area contributed by atoms with Gasteiger partial charge in [0.2, 0.25) is 0 Å². The number of aliphatic hydroxyl groups is 1. The molecule has 1 atom stereocenters. The highest BCUT2D eigenvalue weighted by Gasteiger charge is 2.47. The van der Waals surface area contributed by atoms with Crippen LogP contribution in [0.2, 0.25) is 5.02 Å². The number of fused-ring (bicyclic) bond motifs is 1. The van der Waals surface area contributed by atoms with Crippen LogP contribution in [-0.4, -0.2) is 28.8 Å². The van der Waals surface area contributed by atoms with Crippen LogP contribution in [0, 0.1) is 0 Å². The first kappa shape index (κ1) is 21.8. The molecular formula is C27H20ClNO5. The molecule has 1 fully saturated rings. The number of likely N-dealkylation sites (tertiary alicyclic amines) is 1. The van der Waals surface area contributed by atoms with Crippen molar-refractivity contribution in [3.8, 4) is 5.75 Å². The number of halogens is 1. The molecule has 0 radical (unpaired) electrons. The average molecular weight is 474 g/mol. The van der Waals surface area contributed by atoms with Gasteiger partial charge >= 0.3 is 0 Å². The lowest BCUT2D eigenvalue weighted by atomic mass is 9.91. The van der Waals surface area contributed by atoms with E-state index >= 15 is 0 Å². The number of hydrogen-bond acceptors (Lipinski definition) is 5. The fourth-order valence-corrected chi connectivity index (χ4v) is 4.59. The molecule has 3 aromatic carbocycles. The van der Waals surface area contributed by atoms with E-state index in [4.69, 9.17) is 20.8 Å². The molecule has 170 valence electrons. The van der Waals surface area contributed by atoms with E-state index < -0.39 is 17.7 Å². The summed E-state index contributed by atoms with van der Waals surface area (Å²) < 4.78 is 10.7. The van der Waals surface area contributed by atoms with Crippen LogP contribution in [0.25, 0.3) is 16.5 Å². The zero-order chi connectivity index (χ0) is 23.8. The van der Waals surface area contributed by atoms with E-state index in [9.17, 15) is 14.7 Å². The van der Waals surface area contributed by atoms with Gasteiger partial charge in [0.25, 0.3) is 11.7 Å². The predicted molar refractivity (Wildman–Crippen MR) is 129 cm³/mol. The predicted octanol–water partition coefficient (Wildman–Crippen LogP) is 5.72. The van der Waals surface area contributed by atoms with Gasteiger partial charge in [-0.3, -0.25) is 9.59 Å². The van der Waals surface area contributed by atoms with Crippen LogP contribution in [-0.2, 0) is 16.1 Å². The molecule has 1 unspecified atom stereocenters. The summed E-state index contributed by atoms with van der Waals surface area (Å²) in [6.45, 7) is 0.0636. The Hall–Kier alpha value is -4.03. The molecule has 6 nitrogen and oxygen atoms in total. The Morgan fingerprint density at radius 1 is 1.06 bits per heavy atom. The number of aliphatic hydroxyl groups excluding tert-OH is 1. The number of methoxy groups -OCH3 is 1. The van der Waals surface area contributed by atoms with Gasteiger partial charge in [-0.05, 0) is 46.7 Å². The number of amides is 1. The molecule has 0 spiro atoms. The zero-order valence-corrected chi connectivity index (χ0v) is 19.0. The monoisotopic (exact) mass is 473 g/mol. The summed E-state index contributed by atoms with van der Waals surface area (Å²) in [6.07, 6.45) is 1.51. The van der Waals surface area contributed by atoms with Gasteiger partial charge in [0.05, 0.1) is 36.6 Å². The number of ether oxygens (including phenoxy) is 1. The Labute approximate surface area is 200 Å². The summed E-state index contributed by atoms with van der Waals surface area (Å²) >= 11 is 6.38. The molecule has 2 heterocycles. The van der Waals surface area contributed by atoms with Crippen molar-refractivity contribution < 1.29 is 23.8 Å². The Morgan fingerprint density at radius 3 is 2.62 bits per heavy atom. The van der Waals surface area contributed by atoms with E-state index in [0.717, 1.165) is 10.8 Å². The average Bonchev–Trinajstić information content (AvgIpc) is 3.46. The van der Waals surface area contributed by atoms with Crippen molar-refractivity contribution in [2.45, 2.75) is 12.6 Å². The highest BCUT2D eigenvalue weighted by atomic mass is 35.5. The Morgan fingerprint density at radius 2 is 1.85 bits per heavy atom. The first-order valence-electron chi connectivity index (χ1n) is 10.6. The number of rotatable bonds is 5. The van der Waals surface area contributed by atoms with Crippen LogP contribution in [0.3, 0.4) is 0 Å². The number of nitrogens with zero attached hydrogens (tertiary/aromatic N) is 1. The molecule has 1 N–H and O–H groups in total. The maximum Gasteiger partial charge on any atom is 0.296 e. The van der Waals surface area contributed by atoms with Gasteiger partial charge < -0.3 is 19.2 Å². The number of Topliss-reactive ketones (excluding diaryl/α,β-unsaturated/α-hetero) is 1. The second-order valence-corrected chi connectivity index (χ2v) is 8.33. The summed E-state index contributed by atoms with van der Waals surface area (Å²) in [7, 11) is 1.49. The number of furan rings is 1. The minimum Gasteiger partial charge on any atom is -0.507 e. The van der Waals surface area contributed by atoms with Gasteiger partial charge in [0, 0.05) is 5.56 Å². The van der Waals surface area contributed by atoms with Gasteiger partial charge in [0.1, 0.15) is 17.3 Å². The minimum absolute atomic E-state index is 0.0388. The molecule has 1 amide bonds. The van der Waals surface area contributed by atoms with Gasteiger partial charge in [-0.15, -0.1) is 0 Å². The standard InChI is InChI=1S/C27H20ClNO5/c1-33-17-11-12-22(28)21(14-17)25(30)23-24(20-10-4-7-16-6-2-3-9-19(16)20)29(27(32)26(23)31)15-18-8-5-13-34-18/h2-14,24,30H,15H2,1H3/b25-23+.